The summed E-state index contributed by atoms with van der Waals surface area (Å²) in [4.78, 5) is 15.2. The molecule has 30 heavy (non-hydrogen) atoms. The topological polar surface area (TPSA) is 42.1 Å². The van der Waals surface area contributed by atoms with Gasteiger partial charge in [0.2, 0.25) is 0 Å². The zero-order valence-corrected chi connectivity index (χ0v) is 21.1. The van der Waals surface area contributed by atoms with Gasteiger partial charge in [0, 0.05) is 16.3 Å². The molecular formula is C26H44ClNO2. The van der Waals surface area contributed by atoms with Gasteiger partial charge in [-0.1, -0.05) is 83.9 Å². The van der Waals surface area contributed by atoms with Crippen LogP contribution >= 0.6 is 11.6 Å². The zero-order valence-electron chi connectivity index (χ0n) is 20.4. The Kier molecular flexibility index (Phi) is 12.5. The molecule has 0 bridgehead atoms. The summed E-state index contributed by atoms with van der Waals surface area (Å²) in [5.41, 5.74) is 3.22. The number of ether oxygens (including phenoxy) is 1. The van der Waals surface area contributed by atoms with Crippen LogP contribution in [0.2, 0.25) is 0 Å². The Balaban J connectivity index is 2.44. The Morgan fingerprint density at radius 2 is 1.57 bits per heavy atom. The van der Waals surface area contributed by atoms with Crippen LogP contribution in [0.4, 0.5) is 0 Å². The third-order valence-corrected chi connectivity index (χ3v) is 6.35. The van der Waals surface area contributed by atoms with Gasteiger partial charge in [-0.2, -0.15) is 0 Å². The minimum Gasteiger partial charge on any atom is -0.461 e. The Morgan fingerprint density at radius 1 is 1.00 bits per heavy atom. The van der Waals surface area contributed by atoms with Crippen LogP contribution in [0.15, 0.2) is 6.08 Å². The number of carbonyl (C=O) groups is 1. The van der Waals surface area contributed by atoms with Crippen molar-refractivity contribution >= 4 is 22.6 Å². The first-order valence-corrected chi connectivity index (χ1v) is 12.3. The molecule has 0 saturated heterocycles. The van der Waals surface area contributed by atoms with Gasteiger partial charge in [-0.25, -0.2) is 4.79 Å². The summed E-state index contributed by atoms with van der Waals surface area (Å²) >= 11 is 6.60. The third-order valence-electron chi connectivity index (χ3n) is 6.01. The number of nitrogens with one attached hydrogen (secondary N) is 1. The molecule has 1 heterocycles. The summed E-state index contributed by atoms with van der Waals surface area (Å²) in [7, 11) is 0. The van der Waals surface area contributed by atoms with Gasteiger partial charge in [-0.15, -0.1) is 0 Å². The van der Waals surface area contributed by atoms with Crippen LogP contribution in [0.3, 0.4) is 0 Å². The van der Waals surface area contributed by atoms with Crippen LogP contribution in [0, 0.1) is 31.6 Å². The van der Waals surface area contributed by atoms with E-state index in [4.69, 9.17) is 16.3 Å². The average molecular weight is 438 g/mol. The van der Waals surface area contributed by atoms with E-state index in [0.29, 0.717) is 18.2 Å². The van der Waals surface area contributed by atoms with Crippen LogP contribution in [-0.2, 0) is 4.74 Å². The predicted octanol–water partition coefficient (Wildman–Crippen LogP) is 8.44. The number of hydrogen-bond acceptors (Lipinski definition) is 2. The quantitative estimate of drug-likeness (QED) is 0.296. The van der Waals surface area contributed by atoms with Gasteiger partial charge in [-0.3, -0.25) is 0 Å². The molecule has 0 aliphatic heterocycles. The first-order chi connectivity index (χ1) is 14.2. The molecule has 0 aliphatic carbocycles. The van der Waals surface area contributed by atoms with Crippen molar-refractivity contribution in [2.24, 2.45) is 17.8 Å². The lowest BCUT2D eigenvalue weighted by molar-refractivity contribution is 0.0519. The molecule has 2 unspecified atom stereocenters. The van der Waals surface area contributed by atoms with Crippen LogP contribution in [-0.4, -0.2) is 17.6 Å². The maximum absolute atomic E-state index is 12.1. The second kappa shape index (κ2) is 14.0. The highest BCUT2D eigenvalue weighted by Gasteiger charge is 2.19. The second-order valence-electron chi connectivity index (χ2n) is 9.44. The predicted molar refractivity (Wildman–Crippen MR) is 130 cm³/mol. The molecule has 0 amide bonds. The van der Waals surface area contributed by atoms with Crippen LogP contribution < -0.4 is 0 Å². The van der Waals surface area contributed by atoms with E-state index < -0.39 is 0 Å². The summed E-state index contributed by atoms with van der Waals surface area (Å²) in [5.74, 6) is 2.06. The Morgan fingerprint density at radius 3 is 2.13 bits per heavy atom. The van der Waals surface area contributed by atoms with Gasteiger partial charge in [0.05, 0.1) is 6.61 Å². The highest BCUT2D eigenvalue weighted by atomic mass is 35.5. The molecule has 0 aliphatic rings. The van der Waals surface area contributed by atoms with E-state index in [0.717, 1.165) is 46.5 Å². The second-order valence-corrected chi connectivity index (χ2v) is 9.85. The van der Waals surface area contributed by atoms with Crippen molar-refractivity contribution in [3.8, 4) is 0 Å². The molecule has 0 aromatic carbocycles. The third kappa shape index (κ3) is 9.29. The first kappa shape index (κ1) is 26.8. The van der Waals surface area contributed by atoms with E-state index in [9.17, 15) is 4.79 Å². The summed E-state index contributed by atoms with van der Waals surface area (Å²) in [6.45, 7) is 15.4. The molecule has 0 saturated carbocycles. The molecule has 1 aromatic rings. The van der Waals surface area contributed by atoms with Gasteiger partial charge in [-0.05, 0) is 56.9 Å². The fourth-order valence-electron chi connectivity index (χ4n) is 4.09. The number of aryl methyl sites for hydroxylation is 1. The molecule has 0 spiro atoms. The smallest absolute Gasteiger partial charge is 0.355 e. The monoisotopic (exact) mass is 437 g/mol. The van der Waals surface area contributed by atoms with Crippen LogP contribution in [0.5, 0.6) is 0 Å². The lowest BCUT2D eigenvalue weighted by Gasteiger charge is -2.14. The number of aromatic nitrogens is 1. The van der Waals surface area contributed by atoms with Crippen LogP contribution in [0.1, 0.15) is 113 Å². The summed E-state index contributed by atoms with van der Waals surface area (Å²) in [5, 5.41) is 0.725. The minimum absolute atomic E-state index is 0.319. The van der Waals surface area contributed by atoms with E-state index >= 15 is 0 Å². The van der Waals surface area contributed by atoms with E-state index in [1.165, 1.54) is 38.5 Å². The van der Waals surface area contributed by atoms with E-state index in [2.05, 4.69) is 38.8 Å². The number of halogens is 1. The maximum atomic E-state index is 12.1. The molecular weight excluding hydrogens is 394 g/mol. The Labute approximate surface area is 190 Å². The highest BCUT2D eigenvalue weighted by Crippen LogP contribution is 2.30. The van der Waals surface area contributed by atoms with Gasteiger partial charge in [0.25, 0.3) is 0 Å². The van der Waals surface area contributed by atoms with Crippen molar-refractivity contribution in [3.05, 3.63) is 28.6 Å². The molecule has 1 rings (SSSR count). The van der Waals surface area contributed by atoms with Gasteiger partial charge < -0.3 is 9.72 Å². The highest BCUT2D eigenvalue weighted by molar-refractivity contribution is 6.49. The van der Waals surface area contributed by atoms with Gasteiger partial charge >= 0.3 is 5.97 Å². The zero-order chi connectivity index (χ0) is 22.7. The summed E-state index contributed by atoms with van der Waals surface area (Å²) < 4.78 is 5.12. The van der Waals surface area contributed by atoms with Crippen molar-refractivity contribution in [2.45, 2.75) is 99.8 Å². The van der Waals surface area contributed by atoms with Crippen LogP contribution in [0.25, 0.3) is 5.03 Å². The summed E-state index contributed by atoms with van der Waals surface area (Å²) in [6, 6.07) is 0. The van der Waals surface area contributed by atoms with E-state index in [-0.39, 0.29) is 5.97 Å². The largest absolute Gasteiger partial charge is 0.461 e. The van der Waals surface area contributed by atoms with Crippen molar-refractivity contribution in [2.75, 3.05) is 6.61 Å². The number of carbonyl (C=O) groups excluding carboxylic acids is 1. The van der Waals surface area contributed by atoms with Gasteiger partial charge in [0.15, 0.2) is 0 Å². The fourth-order valence-corrected chi connectivity index (χ4v) is 4.48. The fraction of sp³-hybridized carbons (Fsp3) is 0.731. The van der Waals surface area contributed by atoms with Crippen molar-refractivity contribution in [1.29, 1.82) is 0 Å². The van der Waals surface area contributed by atoms with E-state index in [1.54, 1.807) is 0 Å². The number of rotatable bonds is 14. The molecule has 172 valence electrons. The molecule has 4 heteroatoms. The maximum Gasteiger partial charge on any atom is 0.355 e. The minimum atomic E-state index is -0.319. The lowest BCUT2D eigenvalue weighted by atomic mass is 9.92. The molecule has 0 radical (unpaired) electrons. The first-order valence-electron chi connectivity index (χ1n) is 11.9. The van der Waals surface area contributed by atoms with Crippen molar-refractivity contribution in [1.82, 2.24) is 4.98 Å². The molecule has 1 aromatic heterocycles. The normalized spacial score (nSPS) is 14.2. The average Bonchev–Trinajstić information content (AvgIpc) is 2.96. The van der Waals surface area contributed by atoms with Gasteiger partial charge in [0.1, 0.15) is 5.69 Å². The van der Waals surface area contributed by atoms with Crippen molar-refractivity contribution in [3.63, 3.8) is 0 Å². The molecule has 0 fully saturated rings. The standard InChI is InChI=1S/C26H44ClNO2/c1-8-30-26(29)25-21(6)24(22(7)28-25)23(27)17-11-16-20(5)15-10-14-19(4)13-9-12-18(2)3/h17-20,28H,8-16H2,1-7H3/b23-17-. The number of allylic oxidation sites excluding steroid dienone is 1. The molecule has 1 N–H and O–H groups in total. The van der Waals surface area contributed by atoms with E-state index in [1.807, 2.05) is 20.8 Å². The van der Waals surface area contributed by atoms with Crippen molar-refractivity contribution < 1.29 is 9.53 Å². The number of aromatic amines is 1. The Bertz CT molecular complexity index is 675. The summed E-state index contributed by atoms with van der Waals surface area (Å²) in [6.07, 6.45) is 12.3. The molecule has 2 atom stereocenters. The lowest BCUT2D eigenvalue weighted by Crippen LogP contribution is -2.06. The number of hydrogen-bond donors (Lipinski definition) is 1. The number of esters is 1. The SMILES string of the molecule is CCOC(=O)c1[nH]c(C)c(/C(Cl)=C/CCC(C)CCCC(C)CCCC(C)C)c1C. The number of H-pyrrole nitrogens is 1. The Hall–Kier alpha value is -1.22. The molecule has 3 nitrogen and oxygen atoms in total.